The fourth-order valence-electron chi connectivity index (χ4n) is 3.05. The lowest BCUT2D eigenvalue weighted by Gasteiger charge is -2.32. The average Bonchev–Trinajstić information content (AvgIpc) is 2.36. The summed E-state index contributed by atoms with van der Waals surface area (Å²) >= 11 is 0. The van der Waals surface area contributed by atoms with Crippen LogP contribution in [-0.2, 0) is 0 Å². The van der Waals surface area contributed by atoms with Gasteiger partial charge in [-0.2, -0.15) is 0 Å². The monoisotopic (exact) mass is 270 g/mol. The molecule has 0 bridgehead atoms. The first-order chi connectivity index (χ1) is 8.99. The van der Waals surface area contributed by atoms with Crippen molar-refractivity contribution in [3.05, 3.63) is 0 Å². The molecule has 0 heterocycles. The fraction of sp³-hybridized carbons (Fsp3) is 1.00. The molecular formula is C16H34N2O. The van der Waals surface area contributed by atoms with Crippen LogP contribution < -0.4 is 0 Å². The summed E-state index contributed by atoms with van der Waals surface area (Å²) in [6.45, 7) is 8.61. The molecule has 0 radical (unpaired) electrons. The molecule has 1 N–H and O–H groups in total. The third-order valence-electron chi connectivity index (χ3n) is 4.13. The lowest BCUT2D eigenvalue weighted by Crippen LogP contribution is -2.42. The maximum Gasteiger partial charge on any atom is 0.0695 e. The van der Waals surface area contributed by atoms with Gasteiger partial charge in [-0.05, 0) is 38.8 Å². The highest BCUT2D eigenvalue weighted by atomic mass is 16.3. The molecule has 0 saturated heterocycles. The average molecular weight is 270 g/mol. The lowest BCUT2D eigenvalue weighted by molar-refractivity contribution is 0.0423. The highest BCUT2D eigenvalue weighted by Gasteiger charge is 2.23. The zero-order chi connectivity index (χ0) is 14.3. The Morgan fingerprint density at radius 1 is 1.00 bits per heavy atom. The van der Waals surface area contributed by atoms with Gasteiger partial charge in [-0.3, -0.25) is 4.90 Å². The first-order valence-electron chi connectivity index (χ1n) is 8.04. The van der Waals surface area contributed by atoms with Gasteiger partial charge in [0.2, 0.25) is 0 Å². The van der Waals surface area contributed by atoms with Gasteiger partial charge in [0.05, 0.1) is 6.10 Å². The number of aliphatic hydroxyl groups excluding tert-OH is 1. The standard InChI is InChI=1S/C16H34N2O/c1-14(2)12-18(11-10-17(3)4)13-16(19)15-8-6-5-7-9-15/h14-16,19H,5-13H2,1-4H3. The number of hydrogen-bond donors (Lipinski definition) is 1. The molecule has 3 nitrogen and oxygen atoms in total. The van der Waals surface area contributed by atoms with Crippen molar-refractivity contribution in [2.75, 3.05) is 40.3 Å². The topological polar surface area (TPSA) is 26.7 Å². The van der Waals surface area contributed by atoms with E-state index in [9.17, 15) is 5.11 Å². The zero-order valence-electron chi connectivity index (χ0n) is 13.4. The van der Waals surface area contributed by atoms with E-state index in [0.717, 1.165) is 26.2 Å². The molecule has 1 fully saturated rings. The minimum absolute atomic E-state index is 0.124. The van der Waals surface area contributed by atoms with Gasteiger partial charge < -0.3 is 10.0 Å². The maximum atomic E-state index is 10.5. The largest absolute Gasteiger partial charge is 0.392 e. The molecular weight excluding hydrogens is 236 g/mol. The van der Waals surface area contributed by atoms with Crippen molar-refractivity contribution in [1.29, 1.82) is 0 Å². The van der Waals surface area contributed by atoms with Gasteiger partial charge in [0, 0.05) is 26.2 Å². The van der Waals surface area contributed by atoms with Crippen LogP contribution in [0.1, 0.15) is 46.0 Å². The number of rotatable bonds is 8. The highest BCUT2D eigenvalue weighted by molar-refractivity contribution is 4.77. The molecule has 0 amide bonds. The highest BCUT2D eigenvalue weighted by Crippen LogP contribution is 2.26. The van der Waals surface area contributed by atoms with Crippen LogP contribution in [0.5, 0.6) is 0 Å². The molecule has 3 heteroatoms. The van der Waals surface area contributed by atoms with Crippen LogP contribution in [0, 0.1) is 11.8 Å². The second-order valence-electron chi connectivity index (χ2n) is 6.92. The first-order valence-corrected chi connectivity index (χ1v) is 8.04. The van der Waals surface area contributed by atoms with E-state index in [1.807, 2.05) is 0 Å². The van der Waals surface area contributed by atoms with Crippen molar-refractivity contribution in [3.8, 4) is 0 Å². The Morgan fingerprint density at radius 2 is 1.63 bits per heavy atom. The van der Waals surface area contributed by atoms with Crippen molar-refractivity contribution in [2.45, 2.75) is 52.1 Å². The Bertz CT molecular complexity index is 225. The van der Waals surface area contributed by atoms with Crippen LogP contribution in [0.2, 0.25) is 0 Å². The van der Waals surface area contributed by atoms with Crippen LogP contribution >= 0.6 is 0 Å². The quantitative estimate of drug-likeness (QED) is 0.734. The van der Waals surface area contributed by atoms with Crippen LogP contribution in [0.15, 0.2) is 0 Å². The van der Waals surface area contributed by atoms with Gasteiger partial charge in [-0.1, -0.05) is 33.1 Å². The summed E-state index contributed by atoms with van der Waals surface area (Å²) in [4.78, 5) is 4.67. The zero-order valence-corrected chi connectivity index (χ0v) is 13.4. The third-order valence-corrected chi connectivity index (χ3v) is 4.13. The van der Waals surface area contributed by atoms with Crippen molar-refractivity contribution in [2.24, 2.45) is 11.8 Å². The van der Waals surface area contributed by atoms with E-state index in [4.69, 9.17) is 0 Å². The summed E-state index contributed by atoms with van der Waals surface area (Å²) in [6, 6.07) is 0. The summed E-state index contributed by atoms with van der Waals surface area (Å²) in [5.74, 6) is 1.21. The van der Waals surface area contributed by atoms with Gasteiger partial charge >= 0.3 is 0 Å². The Morgan fingerprint density at radius 3 is 2.16 bits per heavy atom. The van der Waals surface area contributed by atoms with E-state index in [1.165, 1.54) is 32.1 Å². The number of aliphatic hydroxyl groups is 1. The molecule has 0 aromatic carbocycles. The Hall–Kier alpha value is -0.120. The molecule has 1 aliphatic carbocycles. The van der Waals surface area contributed by atoms with Crippen LogP contribution in [0.3, 0.4) is 0 Å². The molecule has 0 aromatic heterocycles. The Kier molecular flexibility index (Phi) is 7.96. The molecule has 1 aliphatic rings. The fourth-order valence-corrected chi connectivity index (χ4v) is 3.05. The predicted molar refractivity (Wildman–Crippen MR) is 82.4 cm³/mol. The summed E-state index contributed by atoms with van der Waals surface area (Å²) in [7, 11) is 4.23. The SMILES string of the molecule is CC(C)CN(CCN(C)C)CC(O)C1CCCCC1. The van der Waals surface area contributed by atoms with Gasteiger partial charge in [0.1, 0.15) is 0 Å². The second kappa shape index (κ2) is 8.93. The second-order valence-corrected chi connectivity index (χ2v) is 6.92. The third kappa shape index (κ3) is 7.28. The lowest BCUT2D eigenvalue weighted by atomic mass is 9.85. The van der Waals surface area contributed by atoms with Crippen LogP contribution in [0.4, 0.5) is 0 Å². The Balaban J connectivity index is 2.40. The van der Waals surface area contributed by atoms with Gasteiger partial charge in [-0.15, -0.1) is 0 Å². The minimum Gasteiger partial charge on any atom is -0.392 e. The van der Waals surface area contributed by atoms with E-state index < -0.39 is 0 Å². The summed E-state index contributed by atoms with van der Waals surface area (Å²) in [6.07, 6.45) is 6.31. The number of hydrogen-bond acceptors (Lipinski definition) is 3. The van der Waals surface area contributed by atoms with Crippen molar-refractivity contribution in [3.63, 3.8) is 0 Å². The van der Waals surface area contributed by atoms with E-state index in [1.54, 1.807) is 0 Å². The normalized spacial score (nSPS) is 19.6. The smallest absolute Gasteiger partial charge is 0.0695 e. The van der Waals surface area contributed by atoms with Gasteiger partial charge in [0.15, 0.2) is 0 Å². The summed E-state index contributed by atoms with van der Waals surface area (Å²) in [5.41, 5.74) is 0. The molecule has 1 atom stereocenters. The molecule has 1 saturated carbocycles. The predicted octanol–water partition coefficient (Wildman–Crippen LogP) is 2.45. The van der Waals surface area contributed by atoms with Crippen molar-refractivity contribution >= 4 is 0 Å². The molecule has 1 unspecified atom stereocenters. The Labute approximate surface area is 120 Å². The number of likely N-dealkylation sites (N-methyl/N-ethyl adjacent to an activating group) is 1. The molecule has 1 rings (SSSR count). The van der Waals surface area contributed by atoms with Crippen molar-refractivity contribution < 1.29 is 5.11 Å². The molecule has 19 heavy (non-hydrogen) atoms. The molecule has 0 spiro atoms. The van der Waals surface area contributed by atoms with Gasteiger partial charge in [-0.25, -0.2) is 0 Å². The maximum absolute atomic E-state index is 10.5. The molecule has 114 valence electrons. The molecule has 0 aliphatic heterocycles. The summed E-state index contributed by atoms with van der Waals surface area (Å²) < 4.78 is 0. The van der Waals surface area contributed by atoms with E-state index in [2.05, 4.69) is 37.7 Å². The van der Waals surface area contributed by atoms with E-state index in [0.29, 0.717) is 11.8 Å². The van der Waals surface area contributed by atoms with Crippen LogP contribution in [0.25, 0.3) is 0 Å². The molecule has 0 aromatic rings. The number of nitrogens with zero attached hydrogens (tertiary/aromatic N) is 2. The minimum atomic E-state index is -0.124. The van der Waals surface area contributed by atoms with E-state index in [-0.39, 0.29) is 6.10 Å². The van der Waals surface area contributed by atoms with Crippen molar-refractivity contribution in [1.82, 2.24) is 9.80 Å². The van der Waals surface area contributed by atoms with Crippen LogP contribution in [-0.4, -0.2) is 61.3 Å². The van der Waals surface area contributed by atoms with E-state index >= 15 is 0 Å². The summed E-state index contributed by atoms with van der Waals surface area (Å²) in [5, 5.41) is 10.5. The first kappa shape index (κ1) is 16.9. The van der Waals surface area contributed by atoms with Gasteiger partial charge in [0.25, 0.3) is 0 Å².